The Morgan fingerprint density at radius 3 is 1.70 bits per heavy atom. The Hall–Kier alpha value is 0.860. The minimum atomic E-state index is 0.269. The highest BCUT2D eigenvalue weighted by Gasteiger charge is 2.34. The highest BCUT2D eigenvalue weighted by Crippen LogP contribution is 2.61. The van der Waals surface area contributed by atoms with Crippen molar-refractivity contribution in [3.63, 3.8) is 0 Å². The van der Waals surface area contributed by atoms with Crippen molar-refractivity contribution in [3.8, 4) is 0 Å². The van der Waals surface area contributed by atoms with E-state index < -0.39 is 0 Å². The third kappa shape index (κ3) is 7.22. The standard InChI is InChI=1S/C18H38P2/c1-3-5-7-12-16-20(17-13-8-6-4-2)18(19)14-10-9-11-15-18/h3-17,19H2,1-2H3. The second-order valence-electron chi connectivity index (χ2n) is 6.77. The van der Waals surface area contributed by atoms with Gasteiger partial charge in [0.05, 0.1) is 0 Å². The van der Waals surface area contributed by atoms with E-state index in [-0.39, 0.29) is 7.92 Å². The fourth-order valence-electron chi connectivity index (χ4n) is 3.50. The van der Waals surface area contributed by atoms with Gasteiger partial charge in [0.1, 0.15) is 0 Å². The van der Waals surface area contributed by atoms with Gasteiger partial charge in [0.25, 0.3) is 0 Å². The molecule has 1 rings (SSSR count). The van der Waals surface area contributed by atoms with Crippen LogP contribution in [0.25, 0.3) is 0 Å². The van der Waals surface area contributed by atoms with E-state index in [9.17, 15) is 0 Å². The molecule has 0 aromatic heterocycles. The summed E-state index contributed by atoms with van der Waals surface area (Å²) in [6.07, 6.45) is 22.2. The zero-order valence-electron chi connectivity index (χ0n) is 14.1. The fourth-order valence-corrected chi connectivity index (χ4v) is 7.95. The second kappa shape index (κ2) is 11.4. The number of unbranched alkanes of at least 4 members (excludes halogenated alkanes) is 6. The van der Waals surface area contributed by atoms with Crippen molar-refractivity contribution < 1.29 is 0 Å². The zero-order valence-corrected chi connectivity index (χ0v) is 16.2. The molecule has 1 aliphatic carbocycles. The predicted molar refractivity (Wildman–Crippen MR) is 100 cm³/mol. The maximum atomic E-state index is 3.35. The molecule has 0 spiro atoms. The first-order valence-electron chi connectivity index (χ1n) is 9.27. The van der Waals surface area contributed by atoms with Gasteiger partial charge in [-0.25, -0.2) is 0 Å². The number of rotatable bonds is 11. The van der Waals surface area contributed by atoms with Crippen molar-refractivity contribution in [2.75, 3.05) is 12.3 Å². The third-order valence-corrected chi connectivity index (χ3v) is 10.0. The van der Waals surface area contributed by atoms with Crippen molar-refractivity contribution in [1.29, 1.82) is 0 Å². The molecule has 120 valence electrons. The Morgan fingerprint density at radius 1 is 0.750 bits per heavy atom. The molecule has 0 aromatic rings. The van der Waals surface area contributed by atoms with Gasteiger partial charge in [-0.15, -0.1) is 9.24 Å². The summed E-state index contributed by atoms with van der Waals surface area (Å²) in [5.74, 6) is 0. The molecule has 0 radical (unpaired) electrons. The second-order valence-corrected chi connectivity index (χ2v) is 11.2. The minimum absolute atomic E-state index is 0.269. The van der Waals surface area contributed by atoms with E-state index in [0.717, 1.165) is 0 Å². The van der Waals surface area contributed by atoms with Gasteiger partial charge in [0.15, 0.2) is 0 Å². The van der Waals surface area contributed by atoms with Crippen molar-refractivity contribution in [2.24, 2.45) is 0 Å². The largest absolute Gasteiger partial charge is 0.126 e. The van der Waals surface area contributed by atoms with E-state index in [1.54, 1.807) is 12.3 Å². The van der Waals surface area contributed by atoms with E-state index >= 15 is 0 Å². The molecule has 1 fully saturated rings. The van der Waals surface area contributed by atoms with Crippen LogP contribution < -0.4 is 0 Å². The Bertz CT molecular complexity index is 209. The molecule has 0 heterocycles. The van der Waals surface area contributed by atoms with Gasteiger partial charge in [0, 0.05) is 4.90 Å². The first-order chi connectivity index (χ1) is 9.73. The molecule has 0 saturated heterocycles. The topological polar surface area (TPSA) is 0 Å². The summed E-state index contributed by atoms with van der Waals surface area (Å²) in [4.78, 5) is 0.673. The summed E-state index contributed by atoms with van der Waals surface area (Å²) in [5, 5.41) is 0. The van der Waals surface area contributed by atoms with Crippen LogP contribution in [0.5, 0.6) is 0 Å². The van der Waals surface area contributed by atoms with Crippen molar-refractivity contribution in [1.82, 2.24) is 0 Å². The maximum Gasteiger partial charge on any atom is 0.00493 e. The van der Waals surface area contributed by atoms with Gasteiger partial charge < -0.3 is 0 Å². The van der Waals surface area contributed by atoms with Crippen LogP contribution in [0.4, 0.5) is 0 Å². The smallest absolute Gasteiger partial charge is 0.00493 e. The van der Waals surface area contributed by atoms with Gasteiger partial charge in [-0.1, -0.05) is 79.6 Å². The summed E-state index contributed by atoms with van der Waals surface area (Å²) in [7, 11) is 3.62. The lowest BCUT2D eigenvalue weighted by Crippen LogP contribution is -2.24. The van der Waals surface area contributed by atoms with Crippen molar-refractivity contribution in [2.45, 2.75) is 102 Å². The average Bonchev–Trinajstić information content (AvgIpc) is 2.46. The normalized spacial score (nSPS) is 18.6. The Labute approximate surface area is 132 Å². The van der Waals surface area contributed by atoms with E-state index in [1.165, 1.54) is 83.5 Å². The van der Waals surface area contributed by atoms with Crippen LogP contribution in [0.15, 0.2) is 0 Å². The lowest BCUT2D eigenvalue weighted by molar-refractivity contribution is 0.482. The summed E-state index contributed by atoms with van der Waals surface area (Å²) in [6.45, 7) is 4.65. The molecule has 1 aliphatic rings. The van der Waals surface area contributed by atoms with Crippen LogP contribution in [0.1, 0.15) is 97.3 Å². The maximum absolute atomic E-state index is 3.35. The summed E-state index contributed by atoms with van der Waals surface area (Å²) in [5.41, 5.74) is 0. The molecule has 0 N–H and O–H groups in total. The van der Waals surface area contributed by atoms with E-state index in [0.29, 0.717) is 4.90 Å². The zero-order chi connectivity index (χ0) is 14.7. The van der Waals surface area contributed by atoms with Crippen LogP contribution in [0, 0.1) is 0 Å². The third-order valence-electron chi connectivity index (χ3n) is 4.91. The fraction of sp³-hybridized carbons (Fsp3) is 1.00. The Morgan fingerprint density at radius 2 is 1.25 bits per heavy atom. The van der Waals surface area contributed by atoms with E-state index in [4.69, 9.17) is 0 Å². The molecule has 0 amide bonds. The van der Waals surface area contributed by atoms with Crippen LogP contribution in [0.2, 0.25) is 0 Å². The van der Waals surface area contributed by atoms with Crippen molar-refractivity contribution in [3.05, 3.63) is 0 Å². The average molecular weight is 316 g/mol. The van der Waals surface area contributed by atoms with Gasteiger partial charge in [-0.05, 0) is 38.0 Å². The monoisotopic (exact) mass is 316 g/mol. The SMILES string of the molecule is CCCCCCP(CCCCCC)C1(P)CCCCC1. The van der Waals surface area contributed by atoms with Crippen LogP contribution >= 0.6 is 17.2 Å². The number of hydrogen-bond donors (Lipinski definition) is 0. The lowest BCUT2D eigenvalue weighted by Gasteiger charge is -2.41. The molecule has 1 atom stereocenters. The molecule has 0 aliphatic heterocycles. The minimum Gasteiger partial charge on any atom is -0.126 e. The molecule has 20 heavy (non-hydrogen) atoms. The summed E-state index contributed by atoms with van der Waals surface area (Å²) < 4.78 is 0. The quantitative estimate of drug-likeness (QED) is 0.280. The molecular weight excluding hydrogens is 278 g/mol. The molecule has 2 heteroatoms. The van der Waals surface area contributed by atoms with Crippen LogP contribution in [-0.2, 0) is 0 Å². The Kier molecular flexibility index (Phi) is 10.8. The molecule has 0 nitrogen and oxygen atoms in total. The summed E-state index contributed by atoms with van der Waals surface area (Å²) in [6, 6.07) is 0. The highest BCUT2D eigenvalue weighted by atomic mass is 31.2. The molecule has 1 unspecified atom stereocenters. The van der Waals surface area contributed by atoms with Gasteiger partial charge in [0.2, 0.25) is 0 Å². The highest BCUT2D eigenvalue weighted by molar-refractivity contribution is 7.66. The van der Waals surface area contributed by atoms with Crippen LogP contribution in [-0.4, -0.2) is 17.2 Å². The molecule has 0 aromatic carbocycles. The van der Waals surface area contributed by atoms with Gasteiger partial charge in [-0.3, -0.25) is 0 Å². The first-order valence-corrected chi connectivity index (χ1v) is 11.6. The summed E-state index contributed by atoms with van der Waals surface area (Å²) >= 11 is 0. The predicted octanol–water partition coefficient (Wildman–Crippen LogP) is 7.16. The molecule has 1 saturated carbocycles. The number of hydrogen-bond acceptors (Lipinski definition) is 0. The lowest BCUT2D eigenvalue weighted by atomic mass is 9.99. The van der Waals surface area contributed by atoms with Gasteiger partial charge in [-0.2, -0.15) is 0 Å². The van der Waals surface area contributed by atoms with E-state index in [2.05, 4.69) is 23.1 Å². The Balaban J connectivity index is 2.39. The van der Waals surface area contributed by atoms with Crippen LogP contribution in [0.3, 0.4) is 0 Å². The van der Waals surface area contributed by atoms with Gasteiger partial charge >= 0.3 is 0 Å². The first kappa shape index (κ1) is 18.9. The molecular formula is C18H38P2. The van der Waals surface area contributed by atoms with E-state index in [1.807, 2.05) is 0 Å². The molecule has 0 bridgehead atoms. The van der Waals surface area contributed by atoms with Crippen molar-refractivity contribution >= 4 is 17.2 Å².